The van der Waals surface area contributed by atoms with E-state index in [1.807, 2.05) is 30.1 Å². The number of amides is 1. The normalized spacial score (nSPS) is 19.2. The van der Waals surface area contributed by atoms with Crippen molar-refractivity contribution in [3.8, 4) is 11.3 Å². The lowest BCUT2D eigenvalue weighted by Crippen LogP contribution is -2.26. The molecule has 9 heteroatoms. The minimum atomic E-state index is -0.781. The van der Waals surface area contributed by atoms with Crippen LogP contribution in [-0.4, -0.2) is 49.8 Å². The maximum absolute atomic E-state index is 13.4. The van der Waals surface area contributed by atoms with Gasteiger partial charge in [0.05, 0.1) is 36.4 Å². The van der Waals surface area contributed by atoms with E-state index in [1.165, 1.54) is 4.68 Å². The van der Waals surface area contributed by atoms with Gasteiger partial charge in [-0.25, -0.2) is 14.2 Å². The topological polar surface area (TPSA) is 72.1 Å². The Bertz CT molecular complexity index is 1010. The van der Waals surface area contributed by atoms with E-state index in [0.29, 0.717) is 31.7 Å². The van der Waals surface area contributed by atoms with Crippen LogP contribution in [-0.2, 0) is 13.6 Å². The monoisotopic (exact) mass is 367 g/mol. The van der Waals surface area contributed by atoms with Crippen LogP contribution in [0.4, 0.5) is 20.7 Å². The van der Waals surface area contributed by atoms with Gasteiger partial charge in [-0.05, 0) is 24.6 Å². The summed E-state index contributed by atoms with van der Waals surface area (Å²) in [5, 5.41) is 8.56. The summed E-state index contributed by atoms with van der Waals surface area (Å²) in [5.74, 6) is 0.768. The van der Waals surface area contributed by atoms with Crippen molar-refractivity contribution in [1.82, 2.24) is 24.5 Å². The Morgan fingerprint density at radius 3 is 2.78 bits per heavy atom. The minimum absolute atomic E-state index is 0.195. The van der Waals surface area contributed by atoms with Crippen LogP contribution in [0.5, 0.6) is 0 Å². The molecular weight excluding hydrogens is 349 g/mol. The van der Waals surface area contributed by atoms with E-state index in [4.69, 9.17) is 0 Å². The van der Waals surface area contributed by atoms with Crippen LogP contribution in [0.2, 0.25) is 0 Å². The van der Waals surface area contributed by atoms with E-state index in [2.05, 4.69) is 15.2 Å². The first-order chi connectivity index (χ1) is 13.1. The molecule has 0 saturated carbocycles. The number of aryl methyl sites for hydroxylation is 1. The van der Waals surface area contributed by atoms with Gasteiger partial charge in [-0.3, -0.25) is 9.58 Å². The highest BCUT2D eigenvalue weighted by molar-refractivity contribution is 5.96. The van der Waals surface area contributed by atoms with Crippen LogP contribution in [0.25, 0.3) is 11.3 Å². The Labute approximate surface area is 154 Å². The average molecular weight is 367 g/mol. The van der Waals surface area contributed by atoms with Crippen molar-refractivity contribution in [3.05, 3.63) is 42.5 Å². The number of nitrogens with zero attached hydrogens (tertiary/aromatic N) is 7. The molecule has 0 bridgehead atoms. The van der Waals surface area contributed by atoms with Crippen LogP contribution in [0.3, 0.4) is 0 Å². The van der Waals surface area contributed by atoms with Crippen LogP contribution < -0.4 is 9.80 Å². The third-order valence-electron chi connectivity index (χ3n) is 5.02. The molecule has 1 amide bonds. The Kier molecular flexibility index (Phi) is 3.49. The molecule has 5 heterocycles. The van der Waals surface area contributed by atoms with E-state index < -0.39 is 6.17 Å². The van der Waals surface area contributed by atoms with Crippen molar-refractivity contribution in [2.75, 3.05) is 22.9 Å². The molecule has 27 heavy (non-hydrogen) atoms. The first kappa shape index (κ1) is 16.0. The van der Waals surface area contributed by atoms with Crippen molar-refractivity contribution in [2.24, 2.45) is 7.05 Å². The zero-order valence-corrected chi connectivity index (χ0v) is 14.8. The second-order valence-corrected chi connectivity index (χ2v) is 6.91. The van der Waals surface area contributed by atoms with Gasteiger partial charge in [0, 0.05) is 31.5 Å². The zero-order valence-electron chi connectivity index (χ0n) is 14.8. The Morgan fingerprint density at radius 2 is 2.15 bits per heavy atom. The van der Waals surface area contributed by atoms with E-state index >= 15 is 0 Å². The number of hydrogen-bond donors (Lipinski definition) is 0. The van der Waals surface area contributed by atoms with Crippen LogP contribution in [0, 0.1) is 0 Å². The number of carbonyl (C=O) groups is 1. The first-order valence-corrected chi connectivity index (χ1v) is 8.83. The number of anilines is 2. The van der Waals surface area contributed by atoms with E-state index in [1.54, 1.807) is 28.2 Å². The molecule has 3 aromatic rings. The predicted molar refractivity (Wildman–Crippen MR) is 97.4 cm³/mol. The molecule has 0 aliphatic carbocycles. The van der Waals surface area contributed by atoms with Crippen molar-refractivity contribution >= 4 is 17.5 Å². The number of fused-ring (bicyclic) bond motifs is 1. The van der Waals surface area contributed by atoms with Crippen molar-refractivity contribution in [1.29, 1.82) is 0 Å². The molecule has 1 fully saturated rings. The molecule has 8 nitrogen and oxygen atoms in total. The SMILES string of the molecule is Cn1cc(N2Cc3cc(-c4ccc(N5CC[C@H](F)C5)nc4)nn3C2=O)cn1. The van der Waals surface area contributed by atoms with Gasteiger partial charge in [-0.15, -0.1) is 0 Å². The number of carbonyl (C=O) groups excluding carboxylic acids is 1. The fourth-order valence-corrected chi connectivity index (χ4v) is 3.58. The smallest absolute Gasteiger partial charge is 0.349 e. The van der Waals surface area contributed by atoms with E-state index in [9.17, 15) is 9.18 Å². The highest BCUT2D eigenvalue weighted by Gasteiger charge is 2.31. The van der Waals surface area contributed by atoms with Crippen molar-refractivity contribution in [3.63, 3.8) is 0 Å². The highest BCUT2D eigenvalue weighted by atomic mass is 19.1. The second kappa shape index (κ2) is 5.90. The van der Waals surface area contributed by atoms with Gasteiger partial charge in [0.25, 0.3) is 0 Å². The summed E-state index contributed by atoms with van der Waals surface area (Å²) in [4.78, 5) is 20.7. The summed E-state index contributed by atoms with van der Waals surface area (Å²) < 4.78 is 16.4. The van der Waals surface area contributed by atoms with Gasteiger partial charge in [0.15, 0.2) is 0 Å². The van der Waals surface area contributed by atoms with Crippen LogP contribution in [0.15, 0.2) is 36.8 Å². The lowest BCUT2D eigenvalue weighted by atomic mass is 10.2. The van der Waals surface area contributed by atoms with Crippen molar-refractivity contribution < 1.29 is 9.18 Å². The lowest BCUT2D eigenvalue weighted by Gasteiger charge is -2.16. The summed E-state index contributed by atoms with van der Waals surface area (Å²) in [7, 11) is 1.81. The molecule has 1 saturated heterocycles. The van der Waals surface area contributed by atoms with Gasteiger partial charge in [0.1, 0.15) is 12.0 Å². The maximum Gasteiger partial charge on any atom is 0.349 e. The van der Waals surface area contributed by atoms with Crippen LogP contribution >= 0.6 is 0 Å². The Morgan fingerprint density at radius 1 is 1.26 bits per heavy atom. The number of pyridine rings is 1. The summed E-state index contributed by atoms with van der Waals surface area (Å²) in [6.07, 6.45) is 4.95. The average Bonchev–Trinajstić information content (AvgIpc) is 3.42. The van der Waals surface area contributed by atoms with E-state index in [0.717, 1.165) is 22.8 Å². The maximum atomic E-state index is 13.4. The summed E-state index contributed by atoms with van der Waals surface area (Å²) >= 11 is 0. The van der Waals surface area contributed by atoms with E-state index in [-0.39, 0.29) is 6.03 Å². The third-order valence-corrected chi connectivity index (χ3v) is 5.02. The molecule has 0 N–H and O–H groups in total. The molecule has 0 radical (unpaired) electrons. The minimum Gasteiger partial charge on any atom is -0.354 e. The molecule has 5 rings (SSSR count). The first-order valence-electron chi connectivity index (χ1n) is 8.83. The van der Waals surface area contributed by atoms with Crippen LogP contribution in [0.1, 0.15) is 12.1 Å². The summed E-state index contributed by atoms with van der Waals surface area (Å²) in [6.45, 7) is 1.53. The quantitative estimate of drug-likeness (QED) is 0.710. The molecule has 2 aliphatic rings. The number of halogens is 1. The van der Waals surface area contributed by atoms with Gasteiger partial charge in [0.2, 0.25) is 0 Å². The molecule has 0 aromatic carbocycles. The fourth-order valence-electron chi connectivity index (χ4n) is 3.58. The number of aromatic nitrogens is 5. The van der Waals surface area contributed by atoms with Gasteiger partial charge < -0.3 is 4.90 Å². The third kappa shape index (κ3) is 2.66. The molecule has 2 aliphatic heterocycles. The molecule has 138 valence electrons. The number of alkyl halides is 1. The molecular formula is C18H18FN7O. The zero-order chi connectivity index (χ0) is 18.5. The fraction of sp³-hybridized carbons (Fsp3) is 0.333. The number of hydrogen-bond acceptors (Lipinski definition) is 5. The highest BCUT2D eigenvalue weighted by Crippen LogP contribution is 2.28. The van der Waals surface area contributed by atoms with Gasteiger partial charge in [-0.1, -0.05) is 0 Å². The molecule has 0 spiro atoms. The lowest BCUT2D eigenvalue weighted by molar-refractivity contribution is 0.248. The second-order valence-electron chi connectivity index (χ2n) is 6.91. The summed E-state index contributed by atoms with van der Waals surface area (Å²) in [5.41, 5.74) is 3.10. The van der Waals surface area contributed by atoms with Crippen molar-refractivity contribution in [2.45, 2.75) is 19.1 Å². The largest absolute Gasteiger partial charge is 0.354 e. The molecule has 1 atom stereocenters. The Hall–Kier alpha value is -3.23. The standard InChI is InChI=1S/C18H18FN7O/c1-23-10-15(8-21-23)25-11-14-6-16(22-26(14)18(25)27)12-2-3-17(20-7-12)24-5-4-13(19)9-24/h2-3,6-8,10,13H,4-5,9,11H2,1H3/t13-/m0/s1. The predicted octanol–water partition coefficient (Wildman–Crippen LogP) is 2.22. The molecule has 3 aromatic heterocycles. The molecule has 0 unspecified atom stereocenters. The van der Waals surface area contributed by atoms with Gasteiger partial charge in [-0.2, -0.15) is 14.9 Å². The number of rotatable bonds is 3. The van der Waals surface area contributed by atoms with Gasteiger partial charge >= 0.3 is 6.03 Å². The summed E-state index contributed by atoms with van der Waals surface area (Å²) in [6, 6.07) is 5.50. The Balaban J connectivity index is 1.37.